The lowest BCUT2D eigenvalue weighted by molar-refractivity contribution is 0.777. The van der Waals surface area contributed by atoms with Gasteiger partial charge in [-0.25, -0.2) is 14.6 Å². The molecule has 0 spiro atoms. The van der Waals surface area contributed by atoms with Crippen molar-refractivity contribution >= 4 is 38.7 Å². The van der Waals surface area contributed by atoms with E-state index in [2.05, 4.69) is 62.2 Å². The number of hydrogen-bond donors (Lipinski definition) is 0. The quantitative estimate of drug-likeness (QED) is 0.534. The van der Waals surface area contributed by atoms with Gasteiger partial charge in [0.15, 0.2) is 5.65 Å². The number of hydrogen-bond acceptors (Lipinski definition) is 4. The van der Waals surface area contributed by atoms with Crippen molar-refractivity contribution in [3.8, 4) is 0 Å². The Morgan fingerprint density at radius 1 is 1.25 bits per heavy atom. The Morgan fingerprint density at radius 3 is 2.85 bits per heavy atom. The lowest BCUT2D eigenvalue weighted by Crippen LogP contribution is -1.93. The average molecular weight is 349 g/mol. The zero-order valence-electron chi connectivity index (χ0n) is 11.2. The highest BCUT2D eigenvalue weighted by Gasteiger charge is 2.13. The molecule has 0 atom stereocenters. The van der Waals surface area contributed by atoms with Crippen molar-refractivity contribution in [3.63, 3.8) is 0 Å². The van der Waals surface area contributed by atoms with Gasteiger partial charge in [-0.15, -0.1) is 11.8 Å². The van der Waals surface area contributed by atoms with Crippen molar-refractivity contribution in [1.29, 1.82) is 0 Å². The molecule has 0 aliphatic carbocycles. The number of thioether (sulfide) groups is 1. The van der Waals surface area contributed by atoms with E-state index in [-0.39, 0.29) is 0 Å². The van der Waals surface area contributed by atoms with Gasteiger partial charge in [-0.3, -0.25) is 0 Å². The van der Waals surface area contributed by atoms with E-state index in [1.165, 1.54) is 11.1 Å². The number of benzene rings is 1. The molecule has 0 N–H and O–H groups in total. The van der Waals surface area contributed by atoms with E-state index < -0.39 is 0 Å². The van der Waals surface area contributed by atoms with Gasteiger partial charge in [0.25, 0.3) is 0 Å². The van der Waals surface area contributed by atoms with Gasteiger partial charge in [-0.2, -0.15) is 5.10 Å². The summed E-state index contributed by atoms with van der Waals surface area (Å²) in [5, 5.41) is 6.28. The average Bonchev–Trinajstić information content (AvgIpc) is 2.74. The van der Waals surface area contributed by atoms with Crippen LogP contribution in [-0.2, 0) is 12.8 Å². The van der Waals surface area contributed by atoms with Gasteiger partial charge in [-0.05, 0) is 34.0 Å². The summed E-state index contributed by atoms with van der Waals surface area (Å²) >= 11 is 5.19. The molecule has 20 heavy (non-hydrogen) atoms. The molecule has 3 aromatic rings. The number of halogens is 1. The maximum Gasteiger partial charge on any atom is 0.163 e. The summed E-state index contributed by atoms with van der Waals surface area (Å²) in [6, 6.07) is 8.41. The molecule has 0 unspecified atom stereocenters. The summed E-state index contributed by atoms with van der Waals surface area (Å²) in [4.78, 5) is 8.68. The van der Waals surface area contributed by atoms with Gasteiger partial charge in [0, 0.05) is 12.8 Å². The van der Waals surface area contributed by atoms with Crippen LogP contribution in [0.4, 0.5) is 0 Å². The van der Waals surface area contributed by atoms with Crippen LogP contribution in [0.5, 0.6) is 0 Å². The second kappa shape index (κ2) is 5.54. The molecule has 0 bridgehead atoms. The highest BCUT2D eigenvalue weighted by Crippen LogP contribution is 2.32. The van der Waals surface area contributed by atoms with Crippen LogP contribution in [0.25, 0.3) is 11.0 Å². The lowest BCUT2D eigenvalue weighted by atomic mass is 10.1. The molecule has 0 fully saturated rings. The monoisotopic (exact) mass is 348 g/mol. The second-order valence-corrected chi connectivity index (χ2v) is 6.22. The van der Waals surface area contributed by atoms with Crippen molar-refractivity contribution in [1.82, 2.24) is 19.7 Å². The maximum absolute atomic E-state index is 4.39. The zero-order chi connectivity index (χ0) is 14.1. The highest BCUT2D eigenvalue weighted by atomic mass is 79.9. The van der Waals surface area contributed by atoms with E-state index in [9.17, 15) is 0 Å². The first-order valence-electron chi connectivity index (χ1n) is 6.17. The minimum absolute atomic E-state index is 0.794. The molecule has 0 radical (unpaired) electrons. The molecular formula is C14H13BrN4S. The van der Waals surface area contributed by atoms with Crippen molar-refractivity contribution in [2.75, 3.05) is 0 Å². The first-order chi connectivity index (χ1) is 9.66. The van der Waals surface area contributed by atoms with Gasteiger partial charge in [-0.1, -0.05) is 24.3 Å². The summed E-state index contributed by atoms with van der Waals surface area (Å²) in [7, 11) is 1.88. The molecule has 0 saturated heterocycles. The topological polar surface area (TPSA) is 43.6 Å². The third kappa shape index (κ3) is 2.45. The summed E-state index contributed by atoms with van der Waals surface area (Å²) in [6.45, 7) is 2.13. The summed E-state index contributed by atoms with van der Waals surface area (Å²) in [5.74, 6) is 0.889. The van der Waals surface area contributed by atoms with Crippen molar-refractivity contribution < 1.29 is 0 Å². The first-order valence-corrected chi connectivity index (χ1v) is 7.95. The van der Waals surface area contributed by atoms with Crippen LogP contribution in [0.2, 0.25) is 0 Å². The van der Waals surface area contributed by atoms with E-state index in [0.29, 0.717) is 0 Å². The van der Waals surface area contributed by atoms with Crippen LogP contribution in [0.15, 0.2) is 40.2 Å². The van der Waals surface area contributed by atoms with Crippen molar-refractivity contribution in [2.24, 2.45) is 7.05 Å². The van der Waals surface area contributed by atoms with E-state index in [1.54, 1.807) is 22.8 Å². The minimum atomic E-state index is 0.794. The summed E-state index contributed by atoms with van der Waals surface area (Å²) < 4.78 is 2.56. The molecule has 6 heteroatoms. The molecular weight excluding hydrogens is 336 g/mol. The highest BCUT2D eigenvalue weighted by molar-refractivity contribution is 9.10. The fraction of sp³-hybridized carbons (Fsp3) is 0.214. The summed E-state index contributed by atoms with van der Waals surface area (Å²) in [5.41, 5.74) is 3.47. The number of aryl methyl sites for hydroxylation is 2. The summed E-state index contributed by atoms with van der Waals surface area (Å²) in [6.07, 6.45) is 1.59. The first kappa shape index (κ1) is 13.6. The Labute approximate surface area is 129 Å². The third-order valence-electron chi connectivity index (χ3n) is 3.17. The molecule has 2 heterocycles. The van der Waals surface area contributed by atoms with E-state index >= 15 is 0 Å². The molecule has 102 valence electrons. The molecule has 0 saturated carbocycles. The number of rotatable bonds is 3. The van der Waals surface area contributed by atoms with Crippen molar-refractivity contribution in [2.45, 2.75) is 17.7 Å². The predicted octanol–water partition coefficient (Wildman–Crippen LogP) is 3.73. The maximum atomic E-state index is 4.39. The largest absolute Gasteiger partial charge is 0.249 e. The van der Waals surface area contributed by atoms with Crippen LogP contribution >= 0.6 is 27.7 Å². The molecule has 0 aliphatic heterocycles. The van der Waals surface area contributed by atoms with Crippen LogP contribution in [-0.4, -0.2) is 19.7 Å². The predicted molar refractivity (Wildman–Crippen MR) is 84.7 cm³/mol. The number of nitrogens with zero attached hydrogens (tertiary/aromatic N) is 4. The molecule has 1 aromatic carbocycles. The van der Waals surface area contributed by atoms with Crippen LogP contribution in [0, 0.1) is 6.92 Å². The molecule has 2 aromatic heterocycles. The fourth-order valence-electron chi connectivity index (χ4n) is 2.04. The Bertz CT molecular complexity index is 769. The van der Waals surface area contributed by atoms with Crippen LogP contribution < -0.4 is 0 Å². The molecule has 0 aliphatic rings. The van der Waals surface area contributed by atoms with Crippen LogP contribution in [0.1, 0.15) is 11.1 Å². The Hall–Kier alpha value is -1.40. The van der Waals surface area contributed by atoms with Crippen molar-refractivity contribution in [3.05, 3.63) is 46.3 Å². The van der Waals surface area contributed by atoms with Gasteiger partial charge in [0.2, 0.25) is 0 Å². The number of aromatic nitrogens is 4. The Morgan fingerprint density at radius 2 is 2.05 bits per heavy atom. The standard InChI is InChI=1S/C14H13BrN4S/c1-9-5-3-4-6-10(9)7-20-14-11-12(15)18-19(2)13(11)16-8-17-14/h3-6,8H,7H2,1-2H3. The smallest absolute Gasteiger partial charge is 0.163 e. The minimum Gasteiger partial charge on any atom is -0.249 e. The molecule has 4 nitrogen and oxygen atoms in total. The van der Waals surface area contributed by atoms with Crippen LogP contribution in [0.3, 0.4) is 0 Å². The second-order valence-electron chi connectivity index (χ2n) is 4.51. The Balaban J connectivity index is 1.94. The third-order valence-corrected chi connectivity index (χ3v) is 4.76. The van der Waals surface area contributed by atoms with Gasteiger partial charge >= 0.3 is 0 Å². The normalized spacial score (nSPS) is 11.2. The fourth-order valence-corrected chi connectivity index (χ4v) is 3.85. The van der Waals surface area contributed by atoms with E-state index in [0.717, 1.165) is 26.4 Å². The zero-order valence-corrected chi connectivity index (χ0v) is 13.6. The van der Waals surface area contributed by atoms with E-state index in [1.807, 2.05) is 7.05 Å². The SMILES string of the molecule is Cc1ccccc1CSc1ncnc2c1c(Br)nn2C. The molecule has 0 amide bonds. The lowest BCUT2D eigenvalue weighted by Gasteiger charge is -2.05. The molecule has 3 rings (SSSR count). The van der Waals surface area contributed by atoms with E-state index in [4.69, 9.17) is 0 Å². The number of fused-ring (bicyclic) bond motifs is 1. The van der Waals surface area contributed by atoms with Gasteiger partial charge in [0.1, 0.15) is 16.0 Å². The Kier molecular flexibility index (Phi) is 3.76. The van der Waals surface area contributed by atoms with Gasteiger partial charge in [0.05, 0.1) is 5.39 Å². The van der Waals surface area contributed by atoms with Gasteiger partial charge < -0.3 is 0 Å².